The third kappa shape index (κ3) is 0.991. The van der Waals surface area contributed by atoms with Crippen molar-refractivity contribution in [2.24, 2.45) is 0 Å². The van der Waals surface area contributed by atoms with Crippen LogP contribution in [0, 0.1) is 0 Å². The molecule has 0 saturated carbocycles. The zero-order chi connectivity index (χ0) is 7.90. The van der Waals surface area contributed by atoms with Gasteiger partial charge in [0, 0.05) is 26.1 Å². The molecule has 2 fully saturated rings. The van der Waals surface area contributed by atoms with E-state index in [1.807, 2.05) is 0 Å². The number of piperidine rings is 1. The van der Waals surface area contributed by atoms with Crippen molar-refractivity contribution in [2.75, 3.05) is 13.7 Å². The van der Waals surface area contributed by atoms with Crippen molar-refractivity contribution in [3.63, 3.8) is 0 Å². The van der Waals surface area contributed by atoms with Crippen LogP contribution in [0.2, 0.25) is 0 Å². The van der Waals surface area contributed by atoms with Gasteiger partial charge in [-0.3, -0.25) is 0 Å². The van der Waals surface area contributed by atoms with Crippen LogP contribution in [0.4, 0.5) is 0 Å². The summed E-state index contributed by atoms with van der Waals surface area (Å²) in [5.74, 6) is -0.912. The minimum absolute atomic E-state index is 0.591. The van der Waals surface area contributed by atoms with Gasteiger partial charge in [-0.15, -0.1) is 0 Å². The van der Waals surface area contributed by atoms with E-state index in [0.29, 0.717) is 6.04 Å². The van der Waals surface area contributed by atoms with Gasteiger partial charge in [0.1, 0.15) is 0 Å². The smallest absolute Gasteiger partial charge is 0.228 e. The maximum absolute atomic E-state index is 9.72. The first kappa shape index (κ1) is 7.53. The zero-order valence-electron chi connectivity index (χ0n) is 6.92. The maximum atomic E-state index is 9.72. The highest BCUT2D eigenvalue weighted by atomic mass is 16.6. The average molecular weight is 157 g/mol. The van der Waals surface area contributed by atoms with Crippen LogP contribution in [0.15, 0.2) is 0 Å². The number of methoxy groups -OCH3 is 1. The van der Waals surface area contributed by atoms with E-state index in [1.54, 1.807) is 7.11 Å². The van der Waals surface area contributed by atoms with E-state index in [9.17, 15) is 5.11 Å². The number of ether oxygens (including phenoxy) is 1. The van der Waals surface area contributed by atoms with Crippen molar-refractivity contribution < 1.29 is 9.84 Å². The number of nitrogens with zero attached hydrogens (tertiary/aromatic N) is 1. The molecule has 2 heterocycles. The molecular weight excluding hydrogens is 142 g/mol. The largest absolute Gasteiger partial charge is 0.353 e. The SMILES string of the molecule is COC1(O)CC2CCCCN21. The number of hydrogen-bond acceptors (Lipinski definition) is 3. The molecule has 0 aromatic carbocycles. The maximum Gasteiger partial charge on any atom is 0.228 e. The number of rotatable bonds is 1. The van der Waals surface area contributed by atoms with Crippen molar-refractivity contribution >= 4 is 0 Å². The molecule has 3 heteroatoms. The summed E-state index contributed by atoms with van der Waals surface area (Å²) in [4.78, 5) is 2.07. The predicted molar refractivity (Wildman–Crippen MR) is 40.9 cm³/mol. The second kappa shape index (κ2) is 2.44. The molecule has 2 atom stereocenters. The van der Waals surface area contributed by atoms with Gasteiger partial charge in [0.05, 0.1) is 0 Å². The van der Waals surface area contributed by atoms with E-state index in [2.05, 4.69) is 4.90 Å². The predicted octanol–water partition coefficient (Wildman–Crippen LogP) is 0.537. The summed E-state index contributed by atoms with van der Waals surface area (Å²) in [6.45, 7) is 0.995. The van der Waals surface area contributed by atoms with Crippen LogP contribution in [0.3, 0.4) is 0 Å². The summed E-state index contributed by atoms with van der Waals surface area (Å²) >= 11 is 0. The molecule has 0 amide bonds. The fraction of sp³-hybridized carbons (Fsp3) is 1.00. The van der Waals surface area contributed by atoms with Crippen LogP contribution in [-0.4, -0.2) is 35.6 Å². The fourth-order valence-electron chi connectivity index (χ4n) is 2.19. The Balaban J connectivity index is 2.00. The van der Waals surface area contributed by atoms with Crippen LogP contribution in [0.5, 0.6) is 0 Å². The molecule has 0 aliphatic carbocycles. The number of fused-ring (bicyclic) bond motifs is 1. The summed E-state index contributed by atoms with van der Waals surface area (Å²) in [6.07, 6.45) is 4.53. The topological polar surface area (TPSA) is 32.7 Å². The van der Waals surface area contributed by atoms with E-state index in [4.69, 9.17) is 4.74 Å². The molecule has 2 unspecified atom stereocenters. The summed E-state index contributed by atoms with van der Waals surface area (Å²) in [6, 6.07) is 0.591. The Morgan fingerprint density at radius 2 is 2.36 bits per heavy atom. The van der Waals surface area contributed by atoms with E-state index >= 15 is 0 Å². The second-order valence-corrected chi connectivity index (χ2v) is 3.49. The van der Waals surface area contributed by atoms with Crippen molar-refractivity contribution in [1.29, 1.82) is 0 Å². The van der Waals surface area contributed by atoms with Crippen molar-refractivity contribution in [3.05, 3.63) is 0 Å². The lowest BCUT2D eigenvalue weighted by Gasteiger charge is -2.55. The van der Waals surface area contributed by atoms with Crippen LogP contribution in [-0.2, 0) is 4.74 Å². The first-order valence-electron chi connectivity index (χ1n) is 4.30. The van der Waals surface area contributed by atoms with E-state index in [-0.39, 0.29) is 0 Å². The lowest BCUT2D eigenvalue weighted by atomic mass is 9.88. The molecule has 3 nitrogen and oxygen atoms in total. The molecule has 64 valence electrons. The van der Waals surface area contributed by atoms with Gasteiger partial charge in [-0.25, -0.2) is 4.90 Å². The summed E-state index contributed by atoms with van der Waals surface area (Å²) in [7, 11) is 1.57. The second-order valence-electron chi connectivity index (χ2n) is 3.49. The fourth-order valence-corrected chi connectivity index (χ4v) is 2.19. The molecule has 0 bridgehead atoms. The van der Waals surface area contributed by atoms with Crippen LogP contribution >= 0.6 is 0 Å². The van der Waals surface area contributed by atoms with E-state index in [1.165, 1.54) is 19.3 Å². The Bertz CT molecular complexity index is 162. The Kier molecular flexibility index (Phi) is 1.67. The molecule has 11 heavy (non-hydrogen) atoms. The quantitative estimate of drug-likeness (QED) is 0.564. The number of hydrogen-bond donors (Lipinski definition) is 1. The third-order valence-electron chi connectivity index (χ3n) is 2.90. The van der Waals surface area contributed by atoms with Gasteiger partial charge in [-0.2, -0.15) is 0 Å². The molecule has 2 aliphatic rings. The molecule has 2 saturated heterocycles. The summed E-state index contributed by atoms with van der Waals surface area (Å²) in [5, 5.41) is 9.72. The van der Waals surface area contributed by atoms with Gasteiger partial charge in [0.15, 0.2) is 0 Å². The van der Waals surface area contributed by atoms with Crippen LogP contribution < -0.4 is 0 Å². The van der Waals surface area contributed by atoms with Crippen LogP contribution in [0.25, 0.3) is 0 Å². The average Bonchev–Trinajstić information content (AvgIpc) is 2.02. The summed E-state index contributed by atoms with van der Waals surface area (Å²) < 4.78 is 5.02. The first-order valence-corrected chi connectivity index (χ1v) is 4.30. The standard InChI is InChI=1S/C8H15NO2/c1-11-8(10)6-7-4-2-3-5-9(7)8/h7,10H,2-6H2,1H3. The minimum Gasteiger partial charge on any atom is -0.353 e. The summed E-state index contributed by atoms with van der Waals surface area (Å²) in [5.41, 5.74) is 0. The van der Waals surface area contributed by atoms with E-state index < -0.39 is 5.91 Å². The zero-order valence-corrected chi connectivity index (χ0v) is 6.92. The molecule has 2 aliphatic heterocycles. The van der Waals surface area contributed by atoms with E-state index in [0.717, 1.165) is 13.0 Å². The monoisotopic (exact) mass is 157 g/mol. The lowest BCUT2D eigenvalue weighted by Crippen LogP contribution is -2.68. The Morgan fingerprint density at radius 1 is 1.55 bits per heavy atom. The van der Waals surface area contributed by atoms with Gasteiger partial charge in [-0.1, -0.05) is 6.42 Å². The Hall–Kier alpha value is -0.120. The van der Waals surface area contributed by atoms with Gasteiger partial charge < -0.3 is 9.84 Å². The molecular formula is C8H15NO2. The molecule has 0 aromatic heterocycles. The molecule has 0 spiro atoms. The van der Waals surface area contributed by atoms with Gasteiger partial charge in [0.25, 0.3) is 0 Å². The first-order chi connectivity index (χ1) is 5.26. The molecule has 2 rings (SSSR count). The normalized spacial score (nSPS) is 44.7. The Labute approximate surface area is 66.9 Å². The van der Waals surface area contributed by atoms with Gasteiger partial charge >= 0.3 is 0 Å². The molecule has 1 N–H and O–H groups in total. The van der Waals surface area contributed by atoms with Gasteiger partial charge in [0.2, 0.25) is 5.91 Å². The molecule has 0 aromatic rings. The van der Waals surface area contributed by atoms with Crippen LogP contribution in [0.1, 0.15) is 25.7 Å². The van der Waals surface area contributed by atoms with Crippen molar-refractivity contribution in [1.82, 2.24) is 4.90 Å². The molecule has 0 radical (unpaired) electrons. The number of aliphatic hydroxyl groups is 1. The van der Waals surface area contributed by atoms with Crippen molar-refractivity contribution in [2.45, 2.75) is 37.6 Å². The third-order valence-corrected chi connectivity index (χ3v) is 2.90. The highest BCUT2D eigenvalue weighted by molar-refractivity contribution is 4.94. The van der Waals surface area contributed by atoms with Crippen molar-refractivity contribution in [3.8, 4) is 0 Å². The Morgan fingerprint density at radius 3 is 3.00 bits per heavy atom. The van der Waals surface area contributed by atoms with Gasteiger partial charge in [-0.05, 0) is 12.8 Å². The minimum atomic E-state index is -0.912. The highest BCUT2D eigenvalue weighted by Crippen LogP contribution is 2.40. The highest BCUT2D eigenvalue weighted by Gasteiger charge is 2.51. The lowest BCUT2D eigenvalue weighted by molar-refractivity contribution is -0.360.